The maximum absolute atomic E-state index is 12.6. The minimum absolute atomic E-state index is 0.0608. The standard InChI is InChI=1S/C22H30N2O4.CH2O2/c25-18-6-10-23(11-7-18)16-19-15-22(21(27)28-19)8-12-24(13-9-22)20(26)14-17-4-2-1-3-5-17;2-1-3/h1-5,18-19,25H,6-16H2;1H,(H,2,3). The lowest BCUT2D eigenvalue weighted by molar-refractivity contribution is -0.153. The van der Waals surface area contributed by atoms with Gasteiger partial charge >= 0.3 is 5.97 Å². The number of carboxylic acid groups (broad SMARTS) is 1. The zero-order chi connectivity index (χ0) is 22.3. The lowest BCUT2D eigenvalue weighted by atomic mass is 9.76. The van der Waals surface area contributed by atoms with Crippen molar-refractivity contribution in [2.45, 2.75) is 50.7 Å². The van der Waals surface area contributed by atoms with Crippen molar-refractivity contribution in [2.75, 3.05) is 32.7 Å². The van der Waals surface area contributed by atoms with Gasteiger partial charge in [-0.1, -0.05) is 30.3 Å². The number of esters is 1. The summed E-state index contributed by atoms with van der Waals surface area (Å²) in [5, 5.41) is 16.5. The Balaban J connectivity index is 0.000000858. The number of aliphatic hydroxyl groups is 1. The number of carbonyl (C=O) groups is 3. The Morgan fingerprint density at radius 1 is 1.13 bits per heavy atom. The second-order valence-electron chi connectivity index (χ2n) is 8.69. The number of aliphatic hydroxyl groups excluding tert-OH is 1. The molecule has 0 aliphatic carbocycles. The molecule has 8 heteroatoms. The molecule has 2 N–H and O–H groups in total. The van der Waals surface area contributed by atoms with E-state index in [9.17, 15) is 14.7 Å². The second-order valence-corrected chi connectivity index (χ2v) is 8.69. The number of hydrogen-bond donors (Lipinski definition) is 2. The number of likely N-dealkylation sites (tertiary alicyclic amines) is 2. The van der Waals surface area contributed by atoms with Crippen LogP contribution >= 0.6 is 0 Å². The van der Waals surface area contributed by atoms with Crippen LogP contribution in [-0.4, -0.2) is 83.3 Å². The van der Waals surface area contributed by atoms with Gasteiger partial charge in [0, 0.05) is 39.1 Å². The van der Waals surface area contributed by atoms with Crippen LogP contribution in [0.15, 0.2) is 30.3 Å². The van der Waals surface area contributed by atoms with E-state index in [1.54, 1.807) is 0 Å². The van der Waals surface area contributed by atoms with Crippen molar-refractivity contribution in [2.24, 2.45) is 5.41 Å². The topological polar surface area (TPSA) is 107 Å². The Morgan fingerprint density at radius 2 is 1.74 bits per heavy atom. The third kappa shape index (κ3) is 6.04. The molecule has 0 bridgehead atoms. The van der Waals surface area contributed by atoms with Crippen LogP contribution in [-0.2, 0) is 25.5 Å². The fraction of sp³-hybridized carbons (Fsp3) is 0.609. The smallest absolute Gasteiger partial charge is 0.312 e. The van der Waals surface area contributed by atoms with Crippen LogP contribution in [0.25, 0.3) is 0 Å². The van der Waals surface area contributed by atoms with E-state index in [0.717, 1.165) is 44.5 Å². The normalized spacial score (nSPS) is 23.7. The van der Waals surface area contributed by atoms with Crippen molar-refractivity contribution in [3.63, 3.8) is 0 Å². The van der Waals surface area contributed by atoms with Crippen molar-refractivity contribution >= 4 is 18.3 Å². The molecule has 3 fully saturated rings. The fourth-order valence-electron chi connectivity index (χ4n) is 4.80. The molecular weight excluding hydrogens is 400 g/mol. The highest BCUT2D eigenvalue weighted by Gasteiger charge is 2.51. The van der Waals surface area contributed by atoms with Crippen LogP contribution < -0.4 is 0 Å². The molecule has 170 valence electrons. The van der Waals surface area contributed by atoms with Gasteiger partial charge in [-0.3, -0.25) is 19.3 Å². The van der Waals surface area contributed by atoms with Crippen LogP contribution in [0.5, 0.6) is 0 Å². The summed E-state index contributed by atoms with van der Waals surface area (Å²) in [4.78, 5) is 37.8. The number of carbonyl (C=O) groups excluding carboxylic acids is 2. The first kappa shape index (κ1) is 23.2. The van der Waals surface area contributed by atoms with E-state index in [4.69, 9.17) is 14.6 Å². The first-order valence-electron chi connectivity index (χ1n) is 11.0. The highest BCUT2D eigenvalue weighted by molar-refractivity contribution is 5.81. The molecule has 3 heterocycles. The molecule has 4 rings (SSSR count). The number of cyclic esters (lactones) is 1. The van der Waals surface area contributed by atoms with Crippen molar-refractivity contribution < 1.29 is 29.3 Å². The monoisotopic (exact) mass is 432 g/mol. The zero-order valence-corrected chi connectivity index (χ0v) is 17.8. The average molecular weight is 433 g/mol. The summed E-state index contributed by atoms with van der Waals surface area (Å²) >= 11 is 0. The average Bonchev–Trinajstić information content (AvgIpc) is 3.06. The van der Waals surface area contributed by atoms with E-state index in [1.165, 1.54) is 0 Å². The van der Waals surface area contributed by atoms with Gasteiger partial charge in [0.15, 0.2) is 0 Å². The number of ether oxygens (including phenoxy) is 1. The third-order valence-electron chi connectivity index (χ3n) is 6.62. The molecule has 1 aromatic carbocycles. The minimum atomic E-state index is -0.413. The number of piperidine rings is 2. The molecule has 1 atom stereocenters. The van der Waals surface area contributed by atoms with Crippen molar-refractivity contribution in [1.82, 2.24) is 9.80 Å². The van der Waals surface area contributed by atoms with E-state index >= 15 is 0 Å². The number of rotatable bonds is 4. The molecule has 0 saturated carbocycles. The first-order chi connectivity index (χ1) is 15.0. The van der Waals surface area contributed by atoms with E-state index in [0.29, 0.717) is 32.4 Å². The highest BCUT2D eigenvalue weighted by atomic mass is 16.6. The maximum Gasteiger partial charge on any atom is 0.312 e. The minimum Gasteiger partial charge on any atom is -0.483 e. The van der Waals surface area contributed by atoms with Gasteiger partial charge in [0.1, 0.15) is 6.10 Å². The third-order valence-corrected chi connectivity index (χ3v) is 6.62. The molecule has 1 amide bonds. The molecule has 8 nitrogen and oxygen atoms in total. The van der Waals surface area contributed by atoms with Crippen LogP contribution in [0, 0.1) is 5.41 Å². The number of amides is 1. The molecule has 3 aliphatic rings. The van der Waals surface area contributed by atoms with Gasteiger partial charge in [0.2, 0.25) is 5.91 Å². The van der Waals surface area contributed by atoms with Gasteiger partial charge in [-0.15, -0.1) is 0 Å². The Labute approximate surface area is 182 Å². The summed E-state index contributed by atoms with van der Waals surface area (Å²) in [6.07, 6.45) is 3.91. The van der Waals surface area contributed by atoms with Gasteiger partial charge in [-0.2, -0.15) is 0 Å². The summed E-state index contributed by atoms with van der Waals surface area (Å²) in [5.41, 5.74) is 0.614. The fourth-order valence-corrected chi connectivity index (χ4v) is 4.80. The van der Waals surface area contributed by atoms with Gasteiger partial charge < -0.3 is 19.8 Å². The predicted octanol–water partition coefficient (Wildman–Crippen LogP) is 1.31. The Kier molecular flexibility index (Phi) is 8.03. The lowest BCUT2D eigenvalue weighted by Gasteiger charge is -2.36. The van der Waals surface area contributed by atoms with E-state index in [1.807, 2.05) is 35.2 Å². The summed E-state index contributed by atoms with van der Waals surface area (Å²) in [6.45, 7) is 3.50. The van der Waals surface area contributed by atoms with Crippen molar-refractivity contribution in [1.29, 1.82) is 0 Å². The van der Waals surface area contributed by atoms with Crippen LogP contribution in [0.3, 0.4) is 0 Å². The SMILES string of the molecule is O=C(Cc1ccccc1)N1CCC2(CC1)CC(CN1CCC(O)CC1)OC2=O.O=CO. The molecule has 1 spiro atoms. The largest absolute Gasteiger partial charge is 0.483 e. The molecule has 31 heavy (non-hydrogen) atoms. The number of hydrogen-bond acceptors (Lipinski definition) is 6. The van der Waals surface area contributed by atoms with Crippen LogP contribution in [0.4, 0.5) is 0 Å². The highest BCUT2D eigenvalue weighted by Crippen LogP contribution is 2.43. The summed E-state index contributed by atoms with van der Waals surface area (Å²) < 4.78 is 5.73. The molecule has 1 aromatic rings. The molecular formula is C23H32N2O6. The second kappa shape index (κ2) is 10.7. The number of benzene rings is 1. The zero-order valence-electron chi connectivity index (χ0n) is 17.8. The molecule has 3 saturated heterocycles. The Hall–Kier alpha value is -2.45. The molecule has 0 radical (unpaired) electrons. The van der Waals surface area contributed by atoms with Gasteiger partial charge in [-0.05, 0) is 31.2 Å². The summed E-state index contributed by atoms with van der Waals surface area (Å²) in [5.74, 6) is 0.0561. The van der Waals surface area contributed by atoms with Gasteiger partial charge in [0.05, 0.1) is 17.9 Å². The molecule has 3 aliphatic heterocycles. The van der Waals surface area contributed by atoms with E-state index in [2.05, 4.69) is 4.90 Å². The van der Waals surface area contributed by atoms with Crippen LogP contribution in [0.2, 0.25) is 0 Å². The lowest BCUT2D eigenvalue weighted by Crippen LogP contribution is -2.45. The molecule has 1 unspecified atom stereocenters. The van der Waals surface area contributed by atoms with E-state index in [-0.39, 0.29) is 30.6 Å². The predicted molar refractivity (Wildman–Crippen MR) is 113 cm³/mol. The Morgan fingerprint density at radius 3 is 2.35 bits per heavy atom. The van der Waals surface area contributed by atoms with Crippen LogP contribution in [0.1, 0.15) is 37.7 Å². The summed E-state index contributed by atoms with van der Waals surface area (Å²) in [6, 6.07) is 9.80. The quantitative estimate of drug-likeness (QED) is 0.546. The summed E-state index contributed by atoms with van der Waals surface area (Å²) in [7, 11) is 0. The first-order valence-corrected chi connectivity index (χ1v) is 11.0. The Bertz CT molecular complexity index is 740. The number of nitrogens with zero attached hydrogens (tertiary/aromatic N) is 2. The van der Waals surface area contributed by atoms with Gasteiger partial charge in [-0.25, -0.2) is 0 Å². The van der Waals surface area contributed by atoms with Crippen molar-refractivity contribution in [3.8, 4) is 0 Å². The van der Waals surface area contributed by atoms with Gasteiger partial charge in [0.25, 0.3) is 6.47 Å². The van der Waals surface area contributed by atoms with E-state index < -0.39 is 5.41 Å². The van der Waals surface area contributed by atoms with Crippen molar-refractivity contribution in [3.05, 3.63) is 35.9 Å². The maximum atomic E-state index is 12.6. The molecule has 0 aromatic heterocycles.